The molecule has 98 valence electrons. The van der Waals surface area contributed by atoms with Crippen molar-refractivity contribution in [2.45, 2.75) is 23.8 Å². The van der Waals surface area contributed by atoms with Crippen molar-refractivity contribution in [1.82, 2.24) is 4.98 Å². The number of benzene rings is 1. The Kier molecular flexibility index (Phi) is 3.76. The summed E-state index contributed by atoms with van der Waals surface area (Å²) in [5.74, 6) is -1.03. The highest BCUT2D eigenvalue weighted by molar-refractivity contribution is 7.99. The number of aromatic carboxylic acids is 1. The molecule has 0 amide bonds. The van der Waals surface area contributed by atoms with Crippen molar-refractivity contribution in [1.29, 1.82) is 0 Å². The molecule has 4 nitrogen and oxygen atoms in total. The average molecular weight is 274 g/mol. The van der Waals surface area contributed by atoms with Crippen LogP contribution in [0.15, 0.2) is 40.4 Å². The lowest BCUT2D eigenvalue weighted by molar-refractivity contribution is 0.0696. The fourth-order valence-corrected chi connectivity index (χ4v) is 2.54. The van der Waals surface area contributed by atoms with Crippen molar-refractivity contribution >= 4 is 23.4 Å². The number of anilines is 1. The fourth-order valence-electron chi connectivity index (χ4n) is 1.69. The van der Waals surface area contributed by atoms with Crippen molar-refractivity contribution in [2.75, 3.05) is 5.73 Å². The summed E-state index contributed by atoms with van der Waals surface area (Å²) < 4.78 is 0. The summed E-state index contributed by atoms with van der Waals surface area (Å²) in [6, 6.07) is 7.56. The molecule has 0 atom stereocenters. The SMILES string of the molecule is Cc1ccc(Sc2ncc(C(=O)O)cc2N)c(C)c1. The van der Waals surface area contributed by atoms with E-state index < -0.39 is 5.97 Å². The van der Waals surface area contributed by atoms with E-state index in [-0.39, 0.29) is 5.56 Å². The molecule has 1 aromatic carbocycles. The third-order valence-corrected chi connectivity index (χ3v) is 3.88. The molecule has 0 aliphatic heterocycles. The molecule has 0 bridgehead atoms. The van der Waals surface area contributed by atoms with E-state index in [9.17, 15) is 4.79 Å². The zero-order valence-electron chi connectivity index (χ0n) is 10.7. The third kappa shape index (κ3) is 3.06. The molecule has 0 saturated carbocycles. The molecule has 0 saturated heterocycles. The molecule has 0 spiro atoms. The molecular formula is C14H14N2O2S. The predicted octanol–water partition coefficient (Wildman–Crippen LogP) is 3.13. The van der Waals surface area contributed by atoms with E-state index in [0.717, 1.165) is 10.5 Å². The summed E-state index contributed by atoms with van der Waals surface area (Å²) in [5, 5.41) is 9.48. The minimum Gasteiger partial charge on any atom is -0.478 e. The Bertz CT molecular complexity index is 641. The number of aromatic nitrogens is 1. The van der Waals surface area contributed by atoms with Gasteiger partial charge in [0.15, 0.2) is 0 Å². The highest BCUT2D eigenvalue weighted by Crippen LogP contribution is 2.32. The number of rotatable bonds is 3. The first-order valence-corrected chi connectivity index (χ1v) is 6.53. The van der Waals surface area contributed by atoms with Crippen LogP contribution in [0.5, 0.6) is 0 Å². The van der Waals surface area contributed by atoms with Gasteiger partial charge in [-0.2, -0.15) is 0 Å². The minimum atomic E-state index is -1.03. The number of hydrogen-bond acceptors (Lipinski definition) is 4. The van der Waals surface area contributed by atoms with Crippen LogP contribution in [0.1, 0.15) is 21.5 Å². The maximum atomic E-state index is 10.8. The first kappa shape index (κ1) is 13.4. The van der Waals surface area contributed by atoms with Gasteiger partial charge in [0.2, 0.25) is 0 Å². The van der Waals surface area contributed by atoms with Crippen molar-refractivity contribution in [2.24, 2.45) is 0 Å². The number of nitrogens with two attached hydrogens (primary N) is 1. The second kappa shape index (κ2) is 5.32. The summed E-state index contributed by atoms with van der Waals surface area (Å²) in [6.45, 7) is 4.06. The Hall–Kier alpha value is -2.01. The van der Waals surface area contributed by atoms with Gasteiger partial charge in [-0.3, -0.25) is 0 Å². The van der Waals surface area contributed by atoms with Crippen LogP contribution in [0.4, 0.5) is 5.69 Å². The number of carboxylic acid groups (broad SMARTS) is 1. The third-order valence-electron chi connectivity index (χ3n) is 2.66. The molecule has 0 unspecified atom stereocenters. The average Bonchev–Trinajstić information content (AvgIpc) is 2.34. The Balaban J connectivity index is 2.31. The van der Waals surface area contributed by atoms with Gasteiger partial charge in [0.25, 0.3) is 0 Å². The van der Waals surface area contributed by atoms with Crippen molar-refractivity contribution in [3.63, 3.8) is 0 Å². The van der Waals surface area contributed by atoms with Gasteiger partial charge in [-0.1, -0.05) is 29.5 Å². The number of carboxylic acids is 1. The summed E-state index contributed by atoms with van der Waals surface area (Å²) >= 11 is 1.44. The van der Waals surface area contributed by atoms with Crippen LogP contribution < -0.4 is 5.73 Å². The summed E-state index contributed by atoms with van der Waals surface area (Å²) in [4.78, 5) is 16.0. The minimum absolute atomic E-state index is 0.0995. The Labute approximate surface area is 115 Å². The topological polar surface area (TPSA) is 76.2 Å². The maximum Gasteiger partial charge on any atom is 0.337 e. The molecule has 0 aliphatic carbocycles. The normalized spacial score (nSPS) is 10.4. The highest BCUT2D eigenvalue weighted by Gasteiger charge is 2.10. The molecule has 0 fully saturated rings. The largest absolute Gasteiger partial charge is 0.478 e. The van der Waals surface area contributed by atoms with Crippen LogP contribution in [0.2, 0.25) is 0 Å². The number of carbonyl (C=O) groups is 1. The monoisotopic (exact) mass is 274 g/mol. The van der Waals surface area contributed by atoms with Crippen LogP contribution in [-0.4, -0.2) is 16.1 Å². The molecule has 3 N–H and O–H groups in total. The van der Waals surface area contributed by atoms with E-state index in [1.165, 1.54) is 29.6 Å². The van der Waals surface area contributed by atoms with E-state index in [2.05, 4.69) is 11.1 Å². The van der Waals surface area contributed by atoms with Crippen molar-refractivity contribution in [3.05, 3.63) is 47.2 Å². The van der Waals surface area contributed by atoms with Crippen LogP contribution in [0.3, 0.4) is 0 Å². The lowest BCUT2D eigenvalue weighted by atomic mass is 10.2. The second-order valence-corrected chi connectivity index (χ2v) is 5.33. The first-order valence-electron chi connectivity index (χ1n) is 5.71. The smallest absolute Gasteiger partial charge is 0.337 e. The lowest BCUT2D eigenvalue weighted by Crippen LogP contribution is -2.01. The van der Waals surface area contributed by atoms with Gasteiger partial charge in [0.1, 0.15) is 5.03 Å². The van der Waals surface area contributed by atoms with E-state index in [0.29, 0.717) is 10.7 Å². The van der Waals surface area contributed by atoms with Gasteiger partial charge < -0.3 is 10.8 Å². The molecule has 1 aromatic heterocycles. The van der Waals surface area contributed by atoms with Gasteiger partial charge in [-0.05, 0) is 31.5 Å². The fraction of sp³-hybridized carbons (Fsp3) is 0.143. The molecule has 2 aromatic rings. The zero-order valence-corrected chi connectivity index (χ0v) is 11.5. The standard InChI is InChI=1S/C14H14N2O2S/c1-8-3-4-12(9(2)5-8)19-13-11(15)6-10(7-16-13)14(17)18/h3-7H,15H2,1-2H3,(H,17,18). The molecule has 2 rings (SSSR count). The van der Waals surface area contributed by atoms with Gasteiger partial charge >= 0.3 is 5.97 Å². The number of pyridine rings is 1. The summed E-state index contributed by atoms with van der Waals surface area (Å²) in [7, 11) is 0. The molecular weight excluding hydrogens is 260 g/mol. The highest BCUT2D eigenvalue weighted by atomic mass is 32.2. The second-order valence-electron chi connectivity index (χ2n) is 4.29. The Morgan fingerprint density at radius 2 is 2.05 bits per heavy atom. The predicted molar refractivity (Wildman–Crippen MR) is 75.6 cm³/mol. The van der Waals surface area contributed by atoms with Crippen LogP contribution in [-0.2, 0) is 0 Å². The van der Waals surface area contributed by atoms with E-state index >= 15 is 0 Å². The molecule has 1 heterocycles. The van der Waals surface area contributed by atoms with Crippen molar-refractivity contribution < 1.29 is 9.90 Å². The van der Waals surface area contributed by atoms with E-state index in [4.69, 9.17) is 10.8 Å². The van der Waals surface area contributed by atoms with Gasteiger partial charge in [-0.25, -0.2) is 9.78 Å². The van der Waals surface area contributed by atoms with Crippen molar-refractivity contribution in [3.8, 4) is 0 Å². The number of nitrogen functional groups attached to an aromatic ring is 1. The van der Waals surface area contributed by atoms with Crippen LogP contribution in [0, 0.1) is 13.8 Å². The molecule has 0 radical (unpaired) electrons. The van der Waals surface area contributed by atoms with Gasteiger partial charge in [0, 0.05) is 11.1 Å². The molecule has 19 heavy (non-hydrogen) atoms. The number of aryl methyl sites for hydroxylation is 2. The quantitative estimate of drug-likeness (QED) is 0.899. The summed E-state index contributed by atoms with van der Waals surface area (Å²) in [5.41, 5.74) is 8.66. The van der Waals surface area contributed by atoms with Gasteiger partial charge in [0.05, 0.1) is 11.3 Å². The first-order chi connectivity index (χ1) is 8.97. The number of nitrogens with zero attached hydrogens (tertiary/aromatic N) is 1. The van der Waals surface area contributed by atoms with Crippen LogP contribution in [0.25, 0.3) is 0 Å². The van der Waals surface area contributed by atoms with E-state index in [1.54, 1.807) is 0 Å². The number of hydrogen-bond donors (Lipinski definition) is 2. The molecule has 0 aliphatic rings. The Morgan fingerprint density at radius 1 is 1.32 bits per heavy atom. The Morgan fingerprint density at radius 3 is 2.63 bits per heavy atom. The van der Waals surface area contributed by atoms with Crippen LogP contribution >= 0.6 is 11.8 Å². The van der Waals surface area contributed by atoms with Gasteiger partial charge in [-0.15, -0.1) is 0 Å². The van der Waals surface area contributed by atoms with E-state index in [1.807, 2.05) is 26.0 Å². The summed E-state index contributed by atoms with van der Waals surface area (Å²) in [6.07, 6.45) is 1.32. The lowest BCUT2D eigenvalue weighted by Gasteiger charge is -2.08. The maximum absolute atomic E-state index is 10.8. The zero-order chi connectivity index (χ0) is 14.0. The molecule has 5 heteroatoms.